The van der Waals surface area contributed by atoms with E-state index in [1.807, 2.05) is 4.90 Å². The Bertz CT molecular complexity index is 633. The van der Waals surface area contributed by atoms with Crippen molar-refractivity contribution in [2.75, 3.05) is 58.3 Å². The monoisotopic (exact) mass is 348 g/mol. The van der Waals surface area contributed by atoms with Gasteiger partial charge in [-0.15, -0.1) is 0 Å². The summed E-state index contributed by atoms with van der Waals surface area (Å²) in [4.78, 5) is 29.7. The first-order valence-corrected chi connectivity index (χ1v) is 8.94. The van der Waals surface area contributed by atoms with E-state index in [2.05, 4.69) is 38.8 Å². The Morgan fingerprint density at radius 1 is 1.12 bits per heavy atom. The predicted octanol–water partition coefficient (Wildman–Crippen LogP) is -0.101. The van der Waals surface area contributed by atoms with Crippen LogP contribution in [0, 0.1) is 11.7 Å². The van der Waals surface area contributed by atoms with Crippen molar-refractivity contribution in [1.29, 1.82) is 0 Å². The van der Waals surface area contributed by atoms with Crippen LogP contribution in [-0.4, -0.2) is 96.0 Å². The maximum Gasteiger partial charge on any atom is 0.240 e. The summed E-state index contributed by atoms with van der Waals surface area (Å²) in [5, 5.41) is 0. The van der Waals surface area contributed by atoms with Crippen LogP contribution in [0.3, 0.4) is 0 Å². The van der Waals surface area contributed by atoms with Crippen LogP contribution in [-0.2, 0) is 4.79 Å². The van der Waals surface area contributed by atoms with Crippen molar-refractivity contribution in [1.82, 2.24) is 24.7 Å². The number of piperazine rings is 1. The first-order chi connectivity index (χ1) is 12.0. The van der Waals surface area contributed by atoms with E-state index in [4.69, 9.17) is 0 Å². The lowest BCUT2D eigenvalue weighted by atomic mass is 10.0. The van der Waals surface area contributed by atoms with Gasteiger partial charge in [-0.2, -0.15) is 0 Å². The molecular weight excluding hydrogens is 323 g/mol. The van der Waals surface area contributed by atoms with E-state index in [9.17, 15) is 9.18 Å². The Labute approximate surface area is 147 Å². The molecule has 1 aromatic heterocycles. The number of carbonyl (C=O) groups is 1. The number of rotatable bonds is 2. The van der Waals surface area contributed by atoms with Gasteiger partial charge in [0, 0.05) is 45.3 Å². The third-order valence-electron chi connectivity index (χ3n) is 5.94. The lowest BCUT2D eigenvalue weighted by molar-refractivity contribution is -0.137. The third-order valence-corrected chi connectivity index (χ3v) is 5.94. The average molecular weight is 348 g/mol. The summed E-state index contributed by atoms with van der Waals surface area (Å²) in [6.07, 6.45) is 3.30. The normalized spacial score (nSPS) is 30.8. The van der Waals surface area contributed by atoms with Crippen molar-refractivity contribution in [3.8, 4) is 0 Å². The van der Waals surface area contributed by atoms with Crippen molar-refractivity contribution >= 4 is 11.9 Å². The van der Waals surface area contributed by atoms with E-state index in [1.54, 1.807) is 0 Å². The fraction of sp³-hybridized carbons (Fsp3) is 0.706. The fourth-order valence-corrected chi connectivity index (χ4v) is 4.38. The van der Waals surface area contributed by atoms with Crippen molar-refractivity contribution in [2.24, 2.45) is 5.92 Å². The number of aromatic nitrogens is 2. The summed E-state index contributed by atoms with van der Waals surface area (Å²) in [6.45, 7) is 5.16. The highest BCUT2D eigenvalue weighted by Crippen LogP contribution is 2.36. The lowest BCUT2D eigenvalue weighted by Gasteiger charge is -2.36. The number of anilines is 1. The molecule has 136 valence electrons. The Morgan fingerprint density at radius 2 is 1.80 bits per heavy atom. The van der Waals surface area contributed by atoms with Gasteiger partial charge in [0.25, 0.3) is 0 Å². The van der Waals surface area contributed by atoms with Crippen LogP contribution in [0.15, 0.2) is 12.4 Å². The number of fused-ring (bicyclic) bond motifs is 1. The molecule has 1 amide bonds. The van der Waals surface area contributed by atoms with Gasteiger partial charge in [-0.25, -0.2) is 14.4 Å². The summed E-state index contributed by atoms with van der Waals surface area (Å²) in [6, 6.07) is 0.310. The molecule has 3 saturated heterocycles. The van der Waals surface area contributed by atoms with Gasteiger partial charge in [-0.05, 0) is 26.4 Å². The highest BCUT2D eigenvalue weighted by Gasteiger charge is 2.48. The van der Waals surface area contributed by atoms with E-state index >= 15 is 0 Å². The number of likely N-dealkylation sites (N-methyl/N-ethyl adjacent to an activating group) is 2. The molecule has 0 aliphatic carbocycles. The number of amides is 1. The van der Waals surface area contributed by atoms with Crippen LogP contribution < -0.4 is 4.90 Å². The molecule has 0 radical (unpaired) electrons. The average Bonchev–Trinajstić information content (AvgIpc) is 3.15. The summed E-state index contributed by atoms with van der Waals surface area (Å²) in [5.41, 5.74) is 0. The van der Waals surface area contributed by atoms with E-state index < -0.39 is 5.82 Å². The molecule has 0 spiro atoms. The molecule has 0 saturated carbocycles. The van der Waals surface area contributed by atoms with E-state index in [-0.39, 0.29) is 11.9 Å². The molecule has 3 fully saturated rings. The Hall–Kier alpha value is -1.80. The Balaban J connectivity index is 1.39. The molecule has 3 atom stereocenters. The number of carbonyl (C=O) groups excluding carboxylic acids is 1. The molecule has 3 aliphatic heterocycles. The molecule has 0 unspecified atom stereocenters. The Kier molecular flexibility index (Phi) is 4.33. The van der Waals surface area contributed by atoms with E-state index in [1.165, 1.54) is 12.4 Å². The van der Waals surface area contributed by atoms with Crippen LogP contribution >= 0.6 is 0 Å². The highest BCUT2D eigenvalue weighted by atomic mass is 19.1. The summed E-state index contributed by atoms with van der Waals surface area (Å²) < 4.78 is 13.0. The van der Waals surface area contributed by atoms with Crippen LogP contribution in [0.5, 0.6) is 0 Å². The number of likely N-dealkylation sites (tertiary alicyclic amines) is 1. The van der Waals surface area contributed by atoms with Gasteiger partial charge in [-0.3, -0.25) is 9.69 Å². The van der Waals surface area contributed by atoms with Crippen LogP contribution in [0.4, 0.5) is 10.3 Å². The SMILES string of the molecule is CN1CCN(C(=O)[C@H]2C[C@@H]3CN(c4ncc(F)cn4)C[C@@H]3N2C)CC1. The third kappa shape index (κ3) is 3.08. The summed E-state index contributed by atoms with van der Waals surface area (Å²) >= 11 is 0. The fourth-order valence-electron chi connectivity index (χ4n) is 4.38. The van der Waals surface area contributed by atoms with Crippen molar-refractivity contribution in [2.45, 2.75) is 18.5 Å². The van der Waals surface area contributed by atoms with Gasteiger partial charge < -0.3 is 14.7 Å². The lowest BCUT2D eigenvalue weighted by Crippen LogP contribution is -2.53. The van der Waals surface area contributed by atoms with Crippen molar-refractivity contribution in [3.63, 3.8) is 0 Å². The molecule has 0 N–H and O–H groups in total. The minimum absolute atomic E-state index is 0.0188. The van der Waals surface area contributed by atoms with E-state index in [0.717, 1.165) is 45.7 Å². The Morgan fingerprint density at radius 3 is 2.44 bits per heavy atom. The smallest absolute Gasteiger partial charge is 0.240 e. The summed E-state index contributed by atoms with van der Waals surface area (Å²) in [7, 11) is 4.15. The highest BCUT2D eigenvalue weighted by molar-refractivity contribution is 5.82. The molecule has 0 aromatic carbocycles. The minimum atomic E-state index is -0.418. The van der Waals surface area contributed by atoms with Gasteiger partial charge in [0.15, 0.2) is 5.82 Å². The second-order valence-electron chi connectivity index (χ2n) is 7.48. The van der Waals surface area contributed by atoms with E-state index in [0.29, 0.717) is 17.9 Å². The maximum atomic E-state index is 13.0. The summed E-state index contributed by atoms with van der Waals surface area (Å²) in [5.74, 6) is 0.860. The topological polar surface area (TPSA) is 55.8 Å². The molecule has 4 rings (SSSR count). The first-order valence-electron chi connectivity index (χ1n) is 8.94. The van der Waals surface area contributed by atoms with Gasteiger partial charge in [0.2, 0.25) is 11.9 Å². The minimum Gasteiger partial charge on any atom is -0.339 e. The standard InChI is InChI=1S/C17H25FN6O/c1-21-3-5-23(6-4-21)16(25)14-7-12-10-24(11-15(12)22(14)2)17-19-8-13(18)9-20-17/h8-9,12,14-15H,3-7,10-11H2,1-2H3/t12-,14-,15+/m1/s1. The molecule has 1 aromatic rings. The molecule has 7 nitrogen and oxygen atoms in total. The second-order valence-corrected chi connectivity index (χ2v) is 7.48. The molecule has 3 aliphatic rings. The van der Waals surface area contributed by atoms with Gasteiger partial charge >= 0.3 is 0 Å². The van der Waals surface area contributed by atoms with Gasteiger partial charge in [0.05, 0.1) is 18.4 Å². The van der Waals surface area contributed by atoms with Crippen LogP contribution in [0.25, 0.3) is 0 Å². The van der Waals surface area contributed by atoms with Crippen LogP contribution in [0.2, 0.25) is 0 Å². The molecule has 8 heteroatoms. The molecule has 4 heterocycles. The van der Waals surface area contributed by atoms with Crippen LogP contribution in [0.1, 0.15) is 6.42 Å². The number of hydrogen-bond donors (Lipinski definition) is 0. The largest absolute Gasteiger partial charge is 0.339 e. The van der Waals surface area contributed by atoms with Crippen molar-refractivity contribution < 1.29 is 9.18 Å². The number of hydrogen-bond acceptors (Lipinski definition) is 6. The van der Waals surface area contributed by atoms with Crippen molar-refractivity contribution in [3.05, 3.63) is 18.2 Å². The zero-order valence-electron chi connectivity index (χ0n) is 14.8. The molecular formula is C17H25FN6O. The molecule has 0 bridgehead atoms. The zero-order chi connectivity index (χ0) is 17.6. The zero-order valence-corrected chi connectivity index (χ0v) is 14.8. The van der Waals surface area contributed by atoms with Gasteiger partial charge in [-0.1, -0.05) is 0 Å². The number of halogens is 1. The first kappa shape index (κ1) is 16.7. The quantitative estimate of drug-likeness (QED) is 0.744. The maximum absolute atomic E-state index is 13.0. The predicted molar refractivity (Wildman–Crippen MR) is 91.7 cm³/mol. The number of nitrogens with zero attached hydrogens (tertiary/aromatic N) is 6. The van der Waals surface area contributed by atoms with Gasteiger partial charge in [0.1, 0.15) is 0 Å². The second kappa shape index (κ2) is 6.49. The molecule has 25 heavy (non-hydrogen) atoms.